The van der Waals surface area contributed by atoms with Crippen molar-refractivity contribution in [1.82, 2.24) is 5.32 Å². The van der Waals surface area contributed by atoms with Gasteiger partial charge in [-0.05, 0) is 38.0 Å². The van der Waals surface area contributed by atoms with Crippen LogP contribution in [0.15, 0.2) is 0 Å². The summed E-state index contributed by atoms with van der Waals surface area (Å²) in [4.78, 5) is 12.5. The molecule has 2 atom stereocenters. The summed E-state index contributed by atoms with van der Waals surface area (Å²) in [6.45, 7) is 8.25. The molecule has 1 amide bonds. The molecule has 1 aliphatic carbocycles. The van der Waals surface area contributed by atoms with Crippen LogP contribution in [0, 0.1) is 10.8 Å². The molecule has 3 nitrogen and oxygen atoms in total. The second-order valence-electron chi connectivity index (χ2n) is 6.13. The molecule has 3 N–H and O–H groups in total. The molecule has 0 saturated heterocycles. The largest absolute Gasteiger partial charge is 0.392 e. The normalized spacial score (nSPS) is 26.2. The molecule has 2 unspecified atom stereocenters. The van der Waals surface area contributed by atoms with Crippen LogP contribution in [-0.2, 0) is 4.79 Å². The smallest absolute Gasteiger partial charge is 0.232 e. The fraction of sp³-hybridized carbons (Fsp3) is 0.846. The van der Waals surface area contributed by atoms with E-state index in [9.17, 15) is 4.79 Å². The highest BCUT2D eigenvalue weighted by molar-refractivity contribution is 7.80. The van der Waals surface area contributed by atoms with E-state index in [0.717, 1.165) is 19.3 Å². The Morgan fingerprint density at radius 1 is 1.59 bits per heavy atom. The number of nitrogens with one attached hydrogen (secondary N) is 1. The summed E-state index contributed by atoms with van der Waals surface area (Å²) in [5, 5.41) is 3.10. The number of hydrogen-bond donors (Lipinski definition) is 2. The topological polar surface area (TPSA) is 55.1 Å². The van der Waals surface area contributed by atoms with E-state index in [1.54, 1.807) is 0 Å². The zero-order chi connectivity index (χ0) is 13.3. The average molecular weight is 256 g/mol. The summed E-state index contributed by atoms with van der Waals surface area (Å²) >= 11 is 5.01. The maximum atomic E-state index is 12.2. The quantitative estimate of drug-likeness (QED) is 0.759. The summed E-state index contributed by atoms with van der Waals surface area (Å²) in [6.07, 6.45) is 3.89. The van der Waals surface area contributed by atoms with Crippen LogP contribution in [0.1, 0.15) is 53.4 Å². The Hall–Kier alpha value is -0.640. The monoisotopic (exact) mass is 256 g/mol. The van der Waals surface area contributed by atoms with Crippen molar-refractivity contribution in [2.24, 2.45) is 16.6 Å². The second-order valence-corrected chi connectivity index (χ2v) is 6.57. The number of rotatable bonds is 4. The van der Waals surface area contributed by atoms with Crippen LogP contribution in [0.25, 0.3) is 0 Å². The van der Waals surface area contributed by atoms with Gasteiger partial charge in [0.1, 0.15) is 0 Å². The second kappa shape index (κ2) is 4.92. The van der Waals surface area contributed by atoms with Crippen LogP contribution in [0.3, 0.4) is 0 Å². The lowest BCUT2D eigenvalue weighted by atomic mass is 9.86. The Kier molecular flexibility index (Phi) is 4.18. The highest BCUT2D eigenvalue weighted by atomic mass is 32.1. The molecule has 0 aromatic carbocycles. The van der Waals surface area contributed by atoms with Gasteiger partial charge in [0.25, 0.3) is 0 Å². The minimum absolute atomic E-state index is 0.0183. The molecule has 1 saturated carbocycles. The highest BCUT2D eigenvalue weighted by Gasteiger charge is 2.38. The first-order valence-corrected chi connectivity index (χ1v) is 6.73. The third-order valence-corrected chi connectivity index (χ3v) is 4.51. The van der Waals surface area contributed by atoms with Crippen LogP contribution >= 0.6 is 12.2 Å². The first-order chi connectivity index (χ1) is 7.71. The van der Waals surface area contributed by atoms with Gasteiger partial charge >= 0.3 is 0 Å². The molecule has 4 heteroatoms. The number of carbonyl (C=O) groups excluding carboxylic acids is 1. The number of nitrogens with two attached hydrogens (primary N) is 1. The van der Waals surface area contributed by atoms with E-state index >= 15 is 0 Å². The fourth-order valence-corrected chi connectivity index (χ4v) is 2.59. The minimum Gasteiger partial charge on any atom is -0.392 e. The van der Waals surface area contributed by atoms with Gasteiger partial charge in [0.2, 0.25) is 5.91 Å². The van der Waals surface area contributed by atoms with Gasteiger partial charge in [0.05, 0.1) is 10.4 Å². The third kappa shape index (κ3) is 3.18. The highest BCUT2D eigenvalue weighted by Crippen LogP contribution is 2.37. The molecule has 0 aliphatic heterocycles. The summed E-state index contributed by atoms with van der Waals surface area (Å²) in [5.74, 6) is -0.0183. The number of amides is 1. The minimum atomic E-state index is -0.706. The van der Waals surface area contributed by atoms with Gasteiger partial charge in [-0.25, -0.2) is 0 Å². The van der Waals surface area contributed by atoms with E-state index < -0.39 is 5.41 Å². The Balaban J connectivity index is 2.64. The predicted molar refractivity (Wildman–Crippen MR) is 74.7 cm³/mol. The zero-order valence-electron chi connectivity index (χ0n) is 11.3. The van der Waals surface area contributed by atoms with Gasteiger partial charge in [0, 0.05) is 6.04 Å². The standard InChI is InChI=1S/C13H24N2OS/c1-5-13(4,10(14)17)11(16)15-9-6-7-12(2,3)8-9/h9H,5-8H2,1-4H3,(H2,14,17)(H,15,16). The number of thiocarbonyl (C=S) groups is 1. The Bertz CT molecular complexity index is 327. The Morgan fingerprint density at radius 3 is 2.53 bits per heavy atom. The molecule has 1 fully saturated rings. The van der Waals surface area contributed by atoms with E-state index in [1.165, 1.54) is 0 Å². The fourth-order valence-electron chi connectivity index (χ4n) is 2.35. The van der Waals surface area contributed by atoms with Crippen molar-refractivity contribution in [3.8, 4) is 0 Å². The summed E-state index contributed by atoms with van der Waals surface area (Å²) in [6, 6.07) is 0.276. The van der Waals surface area contributed by atoms with Crippen LogP contribution in [0.4, 0.5) is 0 Å². The molecule has 98 valence electrons. The van der Waals surface area contributed by atoms with Crippen molar-refractivity contribution in [2.45, 2.75) is 59.4 Å². The van der Waals surface area contributed by atoms with Gasteiger partial charge < -0.3 is 11.1 Å². The van der Waals surface area contributed by atoms with E-state index in [4.69, 9.17) is 18.0 Å². The van der Waals surface area contributed by atoms with Gasteiger partial charge in [-0.1, -0.05) is 33.0 Å². The average Bonchev–Trinajstić information content (AvgIpc) is 2.56. The molecular formula is C13H24N2OS. The maximum absolute atomic E-state index is 12.2. The van der Waals surface area contributed by atoms with Crippen molar-refractivity contribution < 1.29 is 4.79 Å². The van der Waals surface area contributed by atoms with Crippen molar-refractivity contribution in [3.05, 3.63) is 0 Å². The van der Waals surface area contributed by atoms with Gasteiger partial charge in [-0.15, -0.1) is 0 Å². The van der Waals surface area contributed by atoms with Crippen molar-refractivity contribution in [1.29, 1.82) is 0 Å². The molecule has 0 spiro atoms. The van der Waals surface area contributed by atoms with Gasteiger partial charge in [0.15, 0.2) is 0 Å². The third-order valence-electron chi connectivity index (χ3n) is 4.06. The van der Waals surface area contributed by atoms with E-state index in [1.807, 2.05) is 13.8 Å². The molecule has 0 heterocycles. The first-order valence-electron chi connectivity index (χ1n) is 6.32. The van der Waals surface area contributed by atoms with Crippen LogP contribution in [-0.4, -0.2) is 16.9 Å². The molecule has 0 radical (unpaired) electrons. The maximum Gasteiger partial charge on any atom is 0.232 e. The van der Waals surface area contributed by atoms with Gasteiger partial charge in [-0.3, -0.25) is 4.79 Å². The Morgan fingerprint density at radius 2 is 2.18 bits per heavy atom. The molecule has 1 rings (SSSR count). The van der Waals surface area contributed by atoms with Crippen LogP contribution in [0.5, 0.6) is 0 Å². The summed E-state index contributed by atoms with van der Waals surface area (Å²) in [5.41, 5.74) is 5.31. The number of hydrogen-bond acceptors (Lipinski definition) is 2. The lowest BCUT2D eigenvalue weighted by Crippen LogP contribution is -2.49. The van der Waals surface area contributed by atoms with Crippen molar-refractivity contribution >= 4 is 23.1 Å². The summed E-state index contributed by atoms with van der Waals surface area (Å²) < 4.78 is 0. The molecule has 1 aliphatic rings. The van der Waals surface area contributed by atoms with Crippen molar-refractivity contribution in [2.75, 3.05) is 0 Å². The summed E-state index contributed by atoms with van der Waals surface area (Å²) in [7, 11) is 0. The van der Waals surface area contributed by atoms with Crippen molar-refractivity contribution in [3.63, 3.8) is 0 Å². The van der Waals surface area contributed by atoms with E-state index in [0.29, 0.717) is 11.8 Å². The van der Waals surface area contributed by atoms with E-state index in [-0.39, 0.29) is 16.9 Å². The lowest BCUT2D eigenvalue weighted by Gasteiger charge is -2.28. The van der Waals surface area contributed by atoms with Gasteiger partial charge in [-0.2, -0.15) is 0 Å². The first kappa shape index (κ1) is 14.4. The molecule has 0 bridgehead atoms. The predicted octanol–water partition coefficient (Wildman–Crippen LogP) is 2.38. The van der Waals surface area contributed by atoms with Crippen LogP contribution in [0.2, 0.25) is 0 Å². The molecular weight excluding hydrogens is 232 g/mol. The Labute approximate surface area is 110 Å². The van der Waals surface area contributed by atoms with Crippen LogP contribution < -0.4 is 11.1 Å². The molecule has 0 aromatic heterocycles. The lowest BCUT2D eigenvalue weighted by molar-refractivity contribution is -0.127. The van der Waals surface area contributed by atoms with E-state index in [2.05, 4.69) is 19.2 Å². The molecule has 0 aromatic rings. The molecule has 17 heavy (non-hydrogen) atoms. The number of carbonyl (C=O) groups is 1. The zero-order valence-corrected chi connectivity index (χ0v) is 12.1. The SMILES string of the molecule is CCC(C)(C(=O)NC1CCC(C)(C)C1)C(N)=S.